The molecule has 4 heteroatoms. The molecule has 0 radical (unpaired) electrons. The molecule has 3 rings (SSSR count). The highest BCUT2D eigenvalue weighted by Crippen LogP contribution is 2.54. The van der Waals surface area contributed by atoms with Crippen LogP contribution in [0.1, 0.15) is 44.6 Å². The molecule has 126 valence electrons. The van der Waals surface area contributed by atoms with Crippen LogP contribution in [-0.4, -0.2) is 30.7 Å². The molecule has 1 spiro atoms. The molecule has 0 heterocycles. The minimum Gasteiger partial charge on any atom is -0.378 e. The quantitative estimate of drug-likeness (QED) is 0.847. The molecule has 1 aromatic carbocycles. The van der Waals surface area contributed by atoms with Gasteiger partial charge in [-0.05, 0) is 38.2 Å². The minimum absolute atomic E-state index is 0.0277. The molecule has 1 amide bonds. The van der Waals surface area contributed by atoms with Gasteiger partial charge in [0.15, 0.2) is 0 Å². The van der Waals surface area contributed by atoms with Crippen molar-refractivity contribution in [2.24, 2.45) is 11.1 Å². The van der Waals surface area contributed by atoms with E-state index in [1.54, 1.807) is 0 Å². The smallest absolute Gasteiger partial charge is 0.237 e. The van der Waals surface area contributed by atoms with E-state index in [0.717, 1.165) is 31.4 Å². The highest BCUT2D eigenvalue weighted by atomic mass is 16.5. The second-order valence-corrected chi connectivity index (χ2v) is 6.98. The van der Waals surface area contributed by atoms with Crippen molar-refractivity contribution in [1.82, 2.24) is 5.32 Å². The second kappa shape index (κ2) is 7.02. The first-order chi connectivity index (χ1) is 11.2. The van der Waals surface area contributed by atoms with Crippen molar-refractivity contribution in [2.75, 3.05) is 6.61 Å². The Kier molecular flexibility index (Phi) is 5.02. The Labute approximate surface area is 138 Å². The SMILES string of the molecule is CCOC1CC(NC(=O)[C@@H](N)Cc2ccccc2)C12CCCC2. The fourth-order valence-corrected chi connectivity index (χ4v) is 4.33. The van der Waals surface area contributed by atoms with Gasteiger partial charge in [0.25, 0.3) is 0 Å². The van der Waals surface area contributed by atoms with Gasteiger partial charge in [-0.1, -0.05) is 43.2 Å². The molecule has 0 aromatic heterocycles. The molecular weight excluding hydrogens is 288 g/mol. The lowest BCUT2D eigenvalue weighted by atomic mass is 9.60. The Bertz CT molecular complexity index is 525. The highest BCUT2D eigenvalue weighted by molar-refractivity contribution is 5.82. The van der Waals surface area contributed by atoms with E-state index < -0.39 is 6.04 Å². The molecule has 0 saturated heterocycles. The lowest BCUT2D eigenvalue weighted by molar-refractivity contribution is -0.144. The third-order valence-electron chi connectivity index (χ3n) is 5.64. The van der Waals surface area contributed by atoms with Crippen molar-refractivity contribution in [1.29, 1.82) is 0 Å². The van der Waals surface area contributed by atoms with E-state index in [9.17, 15) is 4.79 Å². The third kappa shape index (κ3) is 3.29. The van der Waals surface area contributed by atoms with Crippen molar-refractivity contribution >= 4 is 5.91 Å². The van der Waals surface area contributed by atoms with Crippen LogP contribution in [-0.2, 0) is 16.0 Å². The Morgan fingerprint density at radius 1 is 1.35 bits per heavy atom. The van der Waals surface area contributed by atoms with E-state index in [4.69, 9.17) is 10.5 Å². The maximum Gasteiger partial charge on any atom is 0.237 e. The van der Waals surface area contributed by atoms with Crippen LogP contribution in [0.4, 0.5) is 0 Å². The van der Waals surface area contributed by atoms with Gasteiger partial charge in [-0.3, -0.25) is 4.79 Å². The number of carbonyl (C=O) groups is 1. The van der Waals surface area contributed by atoms with Crippen LogP contribution in [0.15, 0.2) is 30.3 Å². The van der Waals surface area contributed by atoms with E-state index in [2.05, 4.69) is 5.32 Å². The van der Waals surface area contributed by atoms with Crippen LogP contribution < -0.4 is 11.1 Å². The van der Waals surface area contributed by atoms with Crippen molar-refractivity contribution in [3.63, 3.8) is 0 Å². The first kappa shape index (κ1) is 16.5. The summed E-state index contributed by atoms with van der Waals surface area (Å²) in [5, 5.41) is 3.21. The zero-order chi connectivity index (χ0) is 16.3. The maximum absolute atomic E-state index is 12.5. The summed E-state index contributed by atoms with van der Waals surface area (Å²) in [5.74, 6) is -0.0277. The summed E-state index contributed by atoms with van der Waals surface area (Å²) >= 11 is 0. The van der Waals surface area contributed by atoms with E-state index in [1.807, 2.05) is 37.3 Å². The van der Waals surface area contributed by atoms with E-state index >= 15 is 0 Å². The molecule has 2 fully saturated rings. The fraction of sp³-hybridized carbons (Fsp3) is 0.632. The molecule has 0 bridgehead atoms. The molecule has 2 aliphatic carbocycles. The van der Waals surface area contributed by atoms with E-state index in [-0.39, 0.29) is 17.4 Å². The Morgan fingerprint density at radius 3 is 2.70 bits per heavy atom. The molecule has 2 unspecified atom stereocenters. The van der Waals surface area contributed by atoms with Crippen LogP contribution in [0.25, 0.3) is 0 Å². The first-order valence-electron chi connectivity index (χ1n) is 8.87. The van der Waals surface area contributed by atoms with E-state index in [0.29, 0.717) is 12.5 Å². The van der Waals surface area contributed by atoms with Gasteiger partial charge in [0.1, 0.15) is 0 Å². The van der Waals surface area contributed by atoms with Crippen LogP contribution in [0.3, 0.4) is 0 Å². The molecular formula is C19H28N2O2. The maximum atomic E-state index is 12.5. The minimum atomic E-state index is -0.484. The predicted octanol–water partition coefficient (Wildman–Crippen LogP) is 2.41. The van der Waals surface area contributed by atoms with Gasteiger partial charge < -0.3 is 15.8 Å². The average Bonchev–Trinajstić information content (AvgIpc) is 3.07. The molecule has 2 saturated carbocycles. The van der Waals surface area contributed by atoms with Crippen molar-refractivity contribution < 1.29 is 9.53 Å². The molecule has 23 heavy (non-hydrogen) atoms. The molecule has 3 atom stereocenters. The van der Waals surface area contributed by atoms with Crippen LogP contribution in [0.2, 0.25) is 0 Å². The monoisotopic (exact) mass is 316 g/mol. The molecule has 4 nitrogen and oxygen atoms in total. The fourth-order valence-electron chi connectivity index (χ4n) is 4.33. The van der Waals surface area contributed by atoms with Gasteiger partial charge in [0, 0.05) is 18.1 Å². The summed E-state index contributed by atoms with van der Waals surface area (Å²) in [4.78, 5) is 12.5. The molecule has 3 N–H and O–H groups in total. The number of hydrogen-bond donors (Lipinski definition) is 2. The number of rotatable bonds is 6. The van der Waals surface area contributed by atoms with E-state index in [1.165, 1.54) is 12.8 Å². The number of ether oxygens (including phenoxy) is 1. The van der Waals surface area contributed by atoms with Crippen molar-refractivity contribution in [3.8, 4) is 0 Å². The Balaban J connectivity index is 1.57. The van der Waals surface area contributed by atoms with Gasteiger partial charge >= 0.3 is 0 Å². The van der Waals surface area contributed by atoms with Gasteiger partial charge in [-0.2, -0.15) is 0 Å². The molecule has 0 aliphatic heterocycles. The summed E-state index contributed by atoms with van der Waals surface area (Å²) in [6, 6.07) is 9.71. The number of amides is 1. The largest absolute Gasteiger partial charge is 0.378 e. The number of hydrogen-bond acceptors (Lipinski definition) is 3. The zero-order valence-corrected chi connectivity index (χ0v) is 14.0. The summed E-state index contributed by atoms with van der Waals surface area (Å²) in [7, 11) is 0. The first-order valence-corrected chi connectivity index (χ1v) is 8.87. The normalized spacial score (nSPS) is 26.7. The number of nitrogens with two attached hydrogens (primary N) is 1. The highest BCUT2D eigenvalue weighted by Gasteiger charge is 2.57. The average molecular weight is 316 g/mol. The molecule has 2 aliphatic rings. The van der Waals surface area contributed by atoms with Crippen molar-refractivity contribution in [2.45, 2.75) is 63.6 Å². The number of carbonyl (C=O) groups excluding carboxylic acids is 1. The summed E-state index contributed by atoms with van der Waals surface area (Å²) in [6.45, 7) is 2.80. The Morgan fingerprint density at radius 2 is 2.04 bits per heavy atom. The number of nitrogens with one attached hydrogen (secondary N) is 1. The lowest BCUT2D eigenvalue weighted by Crippen LogP contribution is -2.65. The topological polar surface area (TPSA) is 64.3 Å². The van der Waals surface area contributed by atoms with Crippen molar-refractivity contribution in [3.05, 3.63) is 35.9 Å². The number of benzene rings is 1. The third-order valence-corrected chi connectivity index (χ3v) is 5.64. The summed E-state index contributed by atoms with van der Waals surface area (Å²) in [6.07, 6.45) is 6.63. The zero-order valence-electron chi connectivity index (χ0n) is 14.0. The molecule has 1 aromatic rings. The van der Waals surface area contributed by atoms with Gasteiger partial charge in [-0.25, -0.2) is 0 Å². The van der Waals surface area contributed by atoms with Gasteiger partial charge in [0.05, 0.1) is 12.1 Å². The summed E-state index contributed by atoms with van der Waals surface area (Å²) < 4.78 is 5.90. The predicted molar refractivity (Wildman–Crippen MR) is 91.0 cm³/mol. The standard InChI is InChI=1S/C19H28N2O2/c1-2-23-17-13-16(19(17)10-6-7-11-19)21-18(22)15(20)12-14-8-4-3-5-9-14/h3-5,8-9,15-17H,2,6-7,10-13,20H2,1H3,(H,21,22)/t15-,16?,17?/m0/s1. The van der Waals surface area contributed by atoms with Crippen LogP contribution in [0, 0.1) is 5.41 Å². The van der Waals surface area contributed by atoms with Gasteiger partial charge in [0.2, 0.25) is 5.91 Å². The van der Waals surface area contributed by atoms with Crippen LogP contribution in [0.5, 0.6) is 0 Å². The lowest BCUT2D eigenvalue weighted by Gasteiger charge is -2.54. The Hall–Kier alpha value is -1.39. The van der Waals surface area contributed by atoms with Crippen LogP contribution >= 0.6 is 0 Å². The summed E-state index contributed by atoms with van der Waals surface area (Å²) in [5.41, 5.74) is 7.38. The second-order valence-electron chi connectivity index (χ2n) is 6.98. The van der Waals surface area contributed by atoms with Gasteiger partial charge in [-0.15, -0.1) is 0 Å².